The number of nitrogens with zero attached hydrogens (tertiary/aromatic N) is 3. The molecule has 1 aromatic heterocycles. The van der Waals surface area contributed by atoms with E-state index in [1.54, 1.807) is 15.8 Å². The van der Waals surface area contributed by atoms with E-state index in [0.717, 1.165) is 5.56 Å². The Morgan fingerprint density at radius 2 is 2.20 bits per heavy atom. The Morgan fingerprint density at radius 3 is 2.75 bits per heavy atom. The summed E-state index contributed by atoms with van der Waals surface area (Å²) < 4.78 is 1.71. The highest BCUT2D eigenvalue weighted by Crippen LogP contribution is 2.17. The molecule has 1 fully saturated rings. The molecule has 2 rings (SSSR count). The van der Waals surface area contributed by atoms with Gasteiger partial charge in [-0.2, -0.15) is 5.10 Å². The van der Waals surface area contributed by atoms with Crippen molar-refractivity contribution in [3.05, 3.63) is 30.6 Å². The molecule has 0 bridgehead atoms. The fraction of sp³-hybridized carbons (Fsp3) is 0.500. The molecule has 0 radical (unpaired) electrons. The number of aromatic nitrogens is 2. The van der Waals surface area contributed by atoms with Crippen molar-refractivity contribution in [1.82, 2.24) is 20.0 Å². The minimum atomic E-state index is -0.0563. The molecular formula is C14H20N4O2. The van der Waals surface area contributed by atoms with Gasteiger partial charge in [0.2, 0.25) is 11.8 Å². The molecule has 2 heterocycles. The molecule has 0 atom stereocenters. The molecule has 0 aliphatic carbocycles. The molecular weight excluding hydrogens is 256 g/mol. The van der Waals surface area contributed by atoms with Gasteiger partial charge in [0.05, 0.1) is 6.20 Å². The predicted octanol–water partition coefficient (Wildman–Crippen LogP) is 0.461. The molecule has 0 spiro atoms. The number of piperidine rings is 1. The minimum Gasteiger partial charge on any atom is -0.352 e. The predicted molar refractivity (Wildman–Crippen MR) is 74.6 cm³/mol. The molecule has 6 nitrogen and oxygen atoms in total. The van der Waals surface area contributed by atoms with Gasteiger partial charge in [-0.25, -0.2) is 0 Å². The van der Waals surface area contributed by atoms with E-state index in [1.807, 2.05) is 13.2 Å². The van der Waals surface area contributed by atoms with Gasteiger partial charge in [-0.1, -0.05) is 6.58 Å². The zero-order valence-corrected chi connectivity index (χ0v) is 11.7. The van der Waals surface area contributed by atoms with Crippen molar-refractivity contribution < 1.29 is 9.59 Å². The molecule has 1 aliphatic rings. The smallest absolute Gasteiger partial charge is 0.245 e. The average Bonchev–Trinajstić information content (AvgIpc) is 2.89. The topological polar surface area (TPSA) is 67.2 Å². The van der Waals surface area contributed by atoms with Crippen LogP contribution in [0.15, 0.2) is 25.0 Å². The third kappa shape index (κ3) is 3.46. The van der Waals surface area contributed by atoms with E-state index in [9.17, 15) is 9.59 Å². The van der Waals surface area contributed by atoms with E-state index in [1.165, 1.54) is 6.08 Å². The maximum Gasteiger partial charge on any atom is 0.245 e. The number of rotatable bonds is 4. The van der Waals surface area contributed by atoms with Gasteiger partial charge >= 0.3 is 0 Å². The number of hydrogen-bond acceptors (Lipinski definition) is 3. The summed E-state index contributed by atoms with van der Waals surface area (Å²) in [6, 6.07) is 0. The summed E-state index contributed by atoms with van der Waals surface area (Å²) in [6.45, 7) is 5.22. The Morgan fingerprint density at radius 1 is 1.50 bits per heavy atom. The van der Waals surface area contributed by atoms with Gasteiger partial charge in [0.15, 0.2) is 0 Å². The average molecular weight is 276 g/mol. The molecule has 20 heavy (non-hydrogen) atoms. The number of aryl methyl sites for hydroxylation is 1. The Labute approximate surface area is 118 Å². The van der Waals surface area contributed by atoms with Crippen LogP contribution < -0.4 is 5.32 Å². The Kier molecular flexibility index (Phi) is 4.55. The number of carbonyl (C=O) groups excluding carboxylic acids is 2. The number of hydrogen-bond donors (Lipinski definition) is 1. The summed E-state index contributed by atoms with van der Waals surface area (Å²) >= 11 is 0. The number of likely N-dealkylation sites (tertiary alicyclic amines) is 1. The molecule has 0 saturated carbocycles. The fourth-order valence-electron chi connectivity index (χ4n) is 2.39. The summed E-state index contributed by atoms with van der Waals surface area (Å²) in [7, 11) is 1.84. The van der Waals surface area contributed by atoms with Crippen LogP contribution in [0.25, 0.3) is 0 Å². The lowest BCUT2D eigenvalue weighted by Gasteiger charge is -2.30. The number of nitrogens with one attached hydrogen (secondary N) is 1. The van der Waals surface area contributed by atoms with Crippen LogP contribution in [0.2, 0.25) is 0 Å². The minimum absolute atomic E-state index is 0.0134. The van der Waals surface area contributed by atoms with Crippen LogP contribution in [0.1, 0.15) is 18.4 Å². The first-order chi connectivity index (χ1) is 9.60. The standard InChI is InChI=1S/C14H20N4O2/c1-3-13(19)18-6-4-12(5-7-18)14(20)15-8-11-9-16-17(2)10-11/h3,9-10,12H,1,4-8H2,2H3,(H,15,20). The quantitative estimate of drug-likeness (QED) is 0.812. The highest BCUT2D eigenvalue weighted by molar-refractivity contribution is 5.87. The van der Waals surface area contributed by atoms with Crippen molar-refractivity contribution in [2.75, 3.05) is 13.1 Å². The second-order valence-electron chi connectivity index (χ2n) is 5.04. The van der Waals surface area contributed by atoms with Gasteiger partial charge < -0.3 is 10.2 Å². The Hall–Kier alpha value is -2.11. The first-order valence-electron chi connectivity index (χ1n) is 6.76. The zero-order chi connectivity index (χ0) is 14.5. The molecule has 108 valence electrons. The third-order valence-corrected chi connectivity index (χ3v) is 3.58. The largest absolute Gasteiger partial charge is 0.352 e. The van der Waals surface area contributed by atoms with Crippen molar-refractivity contribution in [2.45, 2.75) is 19.4 Å². The molecule has 1 N–H and O–H groups in total. The lowest BCUT2D eigenvalue weighted by atomic mass is 9.96. The monoisotopic (exact) mass is 276 g/mol. The van der Waals surface area contributed by atoms with Crippen LogP contribution in [0, 0.1) is 5.92 Å². The van der Waals surface area contributed by atoms with Crippen LogP contribution >= 0.6 is 0 Å². The molecule has 1 aromatic rings. The molecule has 0 unspecified atom stereocenters. The van der Waals surface area contributed by atoms with Gasteiger partial charge in [-0.05, 0) is 18.9 Å². The second-order valence-corrected chi connectivity index (χ2v) is 5.04. The molecule has 1 aliphatic heterocycles. The first-order valence-corrected chi connectivity index (χ1v) is 6.76. The van der Waals surface area contributed by atoms with Gasteiger partial charge in [0, 0.05) is 44.4 Å². The van der Waals surface area contributed by atoms with E-state index >= 15 is 0 Å². The summed E-state index contributed by atoms with van der Waals surface area (Å²) in [5, 5.41) is 6.98. The van der Waals surface area contributed by atoms with Crippen molar-refractivity contribution in [3.63, 3.8) is 0 Å². The van der Waals surface area contributed by atoms with Crippen molar-refractivity contribution >= 4 is 11.8 Å². The second kappa shape index (κ2) is 6.36. The van der Waals surface area contributed by atoms with Crippen molar-refractivity contribution in [3.8, 4) is 0 Å². The van der Waals surface area contributed by atoms with Crippen molar-refractivity contribution in [2.24, 2.45) is 13.0 Å². The summed E-state index contributed by atoms with van der Waals surface area (Å²) in [6.07, 6.45) is 6.36. The van der Waals surface area contributed by atoms with Crippen LogP contribution in [-0.4, -0.2) is 39.6 Å². The van der Waals surface area contributed by atoms with Crippen LogP contribution in [0.4, 0.5) is 0 Å². The Bertz CT molecular complexity index is 501. The van der Waals surface area contributed by atoms with E-state index in [-0.39, 0.29) is 17.7 Å². The maximum absolute atomic E-state index is 12.1. The van der Waals surface area contributed by atoms with Gasteiger partial charge in [0.1, 0.15) is 0 Å². The van der Waals surface area contributed by atoms with Crippen LogP contribution in [-0.2, 0) is 23.2 Å². The summed E-state index contributed by atoms with van der Waals surface area (Å²) in [5.74, 6) is -0.0145. The van der Waals surface area contributed by atoms with Gasteiger partial charge in [-0.3, -0.25) is 14.3 Å². The lowest BCUT2D eigenvalue weighted by molar-refractivity contribution is -0.132. The molecule has 2 amide bonds. The van der Waals surface area contributed by atoms with E-state index in [4.69, 9.17) is 0 Å². The maximum atomic E-state index is 12.1. The molecule has 1 saturated heterocycles. The van der Waals surface area contributed by atoms with Crippen LogP contribution in [0.5, 0.6) is 0 Å². The highest BCUT2D eigenvalue weighted by Gasteiger charge is 2.26. The highest BCUT2D eigenvalue weighted by atomic mass is 16.2. The SMILES string of the molecule is C=CC(=O)N1CCC(C(=O)NCc2cnn(C)c2)CC1. The fourth-order valence-corrected chi connectivity index (χ4v) is 2.39. The van der Waals surface area contributed by atoms with Crippen molar-refractivity contribution in [1.29, 1.82) is 0 Å². The summed E-state index contributed by atoms with van der Waals surface area (Å²) in [4.78, 5) is 25.3. The lowest BCUT2D eigenvalue weighted by Crippen LogP contribution is -2.42. The molecule has 6 heteroatoms. The van der Waals surface area contributed by atoms with E-state index in [0.29, 0.717) is 32.5 Å². The first kappa shape index (κ1) is 14.3. The Balaban J connectivity index is 1.77. The molecule has 0 aromatic carbocycles. The number of amides is 2. The zero-order valence-electron chi connectivity index (χ0n) is 11.7. The van der Waals surface area contributed by atoms with Gasteiger partial charge in [0.25, 0.3) is 0 Å². The van der Waals surface area contributed by atoms with Gasteiger partial charge in [-0.15, -0.1) is 0 Å². The van der Waals surface area contributed by atoms with E-state index < -0.39 is 0 Å². The van der Waals surface area contributed by atoms with E-state index in [2.05, 4.69) is 17.0 Å². The third-order valence-electron chi connectivity index (χ3n) is 3.58. The summed E-state index contributed by atoms with van der Waals surface area (Å²) in [5.41, 5.74) is 0.986. The van der Waals surface area contributed by atoms with Crippen LogP contribution in [0.3, 0.4) is 0 Å². The normalized spacial score (nSPS) is 15.9. The number of carbonyl (C=O) groups is 2.